The van der Waals surface area contributed by atoms with Crippen LogP contribution in [0.4, 0.5) is 0 Å². The molecule has 20 heavy (non-hydrogen) atoms. The van der Waals surface area contributed by atoms with E-state index in [1.165, 1.54) is 15.6 Å². The second-order valence-electron chi connectivity index (χ2n) is 5.04. The number of hydrogen-bond donors (Lipinski definition) is 0. The van der Waals surface area contributed by atoms with Gasteiger partial charge in [0.1, 0.15) is 0 Å². The maximum atomic E-state index is 12.2. The van der Waals surface area contributed by atoms with Crippen molar-refractivity contribution in [3.8, 4) is 0 Å². The number of rotatable bonds is 3. The highest BCUT2D eigenvalue weighted by Gasteiger charge is 2.41. The van der Waals surface area contributed by atoms with Crippen molar-refractivity contribution in [3.63, 3.8) is 0 Å². The summed E-state index contributed by atoms with van der Waals surface area (Å²) < 4.78 is 26.3. The van der Waals surface area contributed by atoms with Gasteiger partial charge in [-0.25, -0.2) is 8.42 Å². The molecule has 0 bridgehead atoms. The standard InChI is InChI=1S/C12H15ClN2O3S2/c13-11-4-3-10(19-11)12(16)14-5-7-15(8-6-14)20(17,18)9-1-2-9/h3-4,9H,1-2,5-8H2. The maximum absolute atomic E-state index is 12.2. The van der Waals surface area contributed by atoms with Crippen LogP contribution in [0.15, 0.2) is 12.1 Å². The highest BCUT2D eigenvalue weighted by molar-refractivity contribution is 7.90. The minimum atomic E-state index is -3.12. The SMILES string of the molecule is O=C(c1ccc(Cl)s1)N1CCN(S(=O)(=O)C2CC2)CC1. The molecule has 110 valence electrons. The van der Waals surface area contributed by atoms with Gasteiger partial charge in [-0.3, -0.25) is 4.79 Å². The molecule has 5 nitrogen and oxygen atoms in total. The van der Waals surface area contributed by atoms with Crippen molar-refractivity contribution in [1.82, 2.24) is 9.21 Å². The first kappa shape index (κ1) is 14.3. The fourth-order valence-electron chi connectivity index (χ4n) is 2.31. The third-order valence-corrected chi connectivity index (χ3v) is 7.23. The molecule has 2 fully saturated rings. The Balaban J connectivity index is 1.62. The molecule has 1 aromatic heterocycles. The molecule has 0 N–H and O–H groups in total. The number of amides is 1. The Morgan fingerprint density at radius 1 is 1.20 bits per heavy atom. The maximum Gasteiger partial charge on any atom is 0.264 e. The van der Waals surface area contributed by atoms with Gasteiger partial charge in [0.05, 0.1) is 14.5 Å². The summed E-state index contributed by atoms with van der Waals surface area (Å²) in [4.78, 5) is 14.5. The van der Waals surface area contributed by atoms with Crippen molar-refractivity contribution in [2.75, 3.05) is 26.2 Å². The van der Waals surface area contributed by atoms with E-state index in [1.54, 1.807) is 17.0 Å². The van der Waals surface area contributed by atoms with E-state index in [2.05, 4.69) is 0 Å². The van der Waals surface area contributed by atoms with E-state index >= 15 is 0 Å². The van der Waals surface area contributed by atoms with Gasteiger partial charge >= 0.3 is 0 Å². The molecule has 0 unspecified atom stereocenters. The van der Waals surface area contributed by atoms with E-state index in [0.29, 0.717) is 35.4 Å². The van der Waals surface area contributed by atoms with Gasteiger partial charge in [0.25, 0.3) is 5.91 Å². The normalized spacial score (nSPS) is 21.1. The summed E-state index contributed by atoms with van der Waals surface area (Å²) in [6, 6.07) is 3.41. The number of thiophene rings is 1. The van der Waals surface area contributed by atoms with Crippen LogP contribution in [0.25, 0.3) is 0 Å². The van der Waals surface area contributed by atoms with Gasteiger partial charge in [0.2, 0.25) is 10.0 Å². The molecule has 0 atom stereocenters. The van der Waals surface area contributed by atoms with Crippen molar-refractivity contribution in [1.29, 1.82) is 0 Å². The lowest BCUT2D eigenvalue weighted by atomic mass is 10.3. The lowest BCUT2D eigenvalue weighted by molar-refractivity contribution is 0.0702. The number of halogens is 1. The molecule has 2 aliphatic rings. The molecule has 1 aliphatic heterocycles. The van der Waals surface area contributed by atoms with Crippen LogP contribution in [0.3, 0.4) is 0 Å². The largest absolute Gasteiger partial charge is 0.335 e. The molecule has 0 spiro atoms. The number of nitrogens with zero attached hydrogens (tertiary/aromatic N) is 2. The van der Waals surface area contributed by atoms with Crippen LogP contribution in [0, 0.1) is 0 Å². The van der Waals surface area contributed by atoms with Crippen LogP contribution in [-0.4, -0.2) is 55.0 Å². The molecule has 1 saturated carbocycles. The molecule has 1 amide bonds. The smallest absolute Gasteiger partial charge is 0.264 e. The first-order valence-electron chi connectivity index (χ1n) is 6.52. The zero-order valence-corrected chi connectivity index (χ0v) is 13.2. The lowest BCUT2D eigenvalue weighted by Gasteiger charge is -2.33. The molecule has 1 aliphatic carbocycles. The number of sulfonamides is 1. The lowest BCUT2D eigenvalue weighted by Crippen LogP contribution is -2.51. The van der Waals surface area contributed by atoms with Crippen LogP contribution < -0.4 is 0 Å². The minimum Gasteiger partial charge on any atom is -0.335 e. The molecule has 1 saturated heterocycles. The zero-order chi connectivity index (χ0) is 14.3. The number of carbonyl (C=O) groups is 1. The first-order chi connectivity index (χ1) is 9.48. The molecule has 8 heteroatoms. The second kappa shape index (κ2) is 5.29. The Labute approximate surface area is 127 Å². The van der Waals surface area contributed by atoms with Gasteiger partial charge < -0.3 is 4.90 Å². The molecular formula is C12H15ClN2O3S2. The Morgan fingerprint density at radius 3 is 2.35 bits per heavy atom. The van der Waals surface area contributed by atoms with Crippen molar-refractivity contribution in [3.05, 3.63) is 21.3 Å². The fraction of sp³-hybridized carbons (Fsp3) is 0.583. The predicted octanol–water partition coefficient (Wildman–Crippen LogP) is 1.65. The Kier molecular flexibility index (Phi) is 3.79. The predicted molar refractivity (Wildman–Crippen MR) is 78.7 cm³/mol. The van der Waals surface area contributed by atoms with Crippen molar-refractivity contribution < 1.29 is 13.2 Å². The van der Waals surface area contributed by atoms with Crippen LogP contribution in [0.1, 0.15) is 22.5 Å². The molecule has 0 aromatic carbocycles. The second-order valence-corrected chi connectivity index (χ2v) is 8.97. The average Bonchev–Trinajstić information content (AvgIpc) is 3.21. The number of carbonyl (C=O) groups excluding carboxylic acids is 1. The van der Waals surface area contributed by atoms with Crippen molar-refractivity contribution in [2.45, 2.75) is 18.1 Å². The molecular weight excluding hydrogens is 320 g/mol. The van der Waals surface area contributed by atoms with Crippen LogP contribution in [0.5, 0.6) is 0 Å². The zero-order valence-electron chi connectivity index (χ0n) is 10.8. The summed E-state index contributed by atoms with van der Waals surface area (Å²) in [7, 11) is -3.12. The summed E-state index contributed by atoms with van der Waals surface area (Å²) in [6.07, 6.45) is 1.55. The third kappa shape index (κ3) is 2.72. The molecule has 3 rings (SSSR count). The minimum absolute atomic E-state index is 0.0645. The van der Waals surface area contributed by atoms with Crippen LogP contribution in [-0.2, 0) is 10.0 Å². The van der Waals surface area contributed by atoms with E-state index in [0.717, 1.165) is 12.8 Å². The van der Waals surface area contributed by atoms with Gasteiger partial charge in [-0.15, -0.1) is 11.3 Å². The Bertz CT molecular complexity index is 616. The summed E-state index contributed by atoms with van der Waals surface area (Å²) in [5, 5.41) is -0.180. The monoisotopic (exact) mass is 334 g/mol. The highest BCUT2D eigenvalue weighted by atomic mass is 35.5. The quantitative estimate of drug-likeness (QED) is 0.844. The van der Waals surface area contributed by atoms with Gasteiger partial charge in [-0.05, 0) is 25.0 Å². The van der Waals surface area contributed by atoms with Gasteiger partial charge in [-0.2, -0.15) is 4.31 Å². The average molecular weight is 335 g/mol. The fourth-order valence-corrected chi connectivity index (χ4v) is 5.14. The topological polar surface area (TPSA) is 57.7 Å². The summed E-state index contributed by atoms with van der Waals surface area (Å²) in [5.74, 6) is -0.0645. The van der Waals surface area contributed by atoms with E-state index in [9.17, 15) is 13.2 Å². The number of hydrogen-bond acceptors (Lipinski definition) is 4. The summed E-state index contributed by atoms with van der Waals surface area (Å²) >= 11 is 7.08. The van der Waals surface area contributed by atoms with E-state index < -0.39 is 10.0 Å². The van der Waals surface area contributed by atoms with Gasteiger partial charge in [0.15, 0.2) is 0 Å². The summed E-state index contributed by atoms with van der Waals surface area (Å²) in [6.45, 7) is 1.67. The van der Waals surface area contributed by atoms with Gasteiger partial charge in [0, 0.05) is 26.2 Å². The van der Waals surface area contributed by atoms with Crippen LogP contribution in [0.2, 0.25) is 4.34 Å². The van der Waals surface area contributed by atoms with Crippen molar-refractivity contribution >= 4 is 38.9 Å². The van der Waals surface area contributed by atoms with E-state index in [4.69, 9.17) is 11.6 Å². The third-order valence-electron chi connectivity index (χ3n) is 3.62. The van der Waals surface area contributed by atoms with E-state index in [-0.39, 0.29) is 11.2 Å². The summed E-state index contributed by atoms with van der Waals surface area (Å²) in [5.41, 5.74) is 0. The van der Waals surface area contributed by atoms with Crippen LogP contribution >= 0.6 is 22.9 Å². The number of piperazine rings is 1. The molecule has 1 aromatic rings. The van der Waals surface area contributed by atoms with E-state index in [1.807, 2.05) is 0 Å². The highest BCUT2D eigenvalue weighted by Crippen LogP contribution is 2.31. The van der Waals surface area contributed by atoms with Crippen molar-refractivity contribution in [2.24, 2.45) is 0 Å². The van der Waals surface area contributed by atoms with Gasteiger partial charge in [-0.1, -0.05) is 11.6 Å². The first-order valence-corrected chi connectivity index (χ1v) is 9.22. The Morgan fingerprint density at radius 2 is 1.85 bits per heavy atom. The molecule has 2 heterocycles. The molecule has 0 radical (unpaired) electrons. The Hall–Kier alpha value is -0.630.